The van der Waals surface area contributed by atoms with Gasteiger partial charge in [-0.05, 0) is 13.3 Å². The zero-order valence-electron chi connectivity index (χ0n) is 16.1. The van der Waals surface area contributed by atoms with Crippen molar-refractivity contribution in [2.75, 3.05) is 11.9 Å². The number of rotatable bonds is 6. The van der Waals surface area contributed by atoms with Gasteiger partial charge in [-0.3, -0.25) is 19.0 Å². The number of aliphatic hydroxyl groups is 2. The highest BCUT2D eigenvalue weighted by Crippen LogP contribution is 2.28. The third-order valence-electron chi connectivity index (χ3n) is 3.86. The second-order valence-corrected chi connectivity index (χ2v) is 7.15. The molecular weight excluding hydrogens is 433 g/mol. The molecule has 0 saturated carbocycles. The van der Waals surface area contributed by atoms with Crippen molar-refractivity contribution in [1.29, 1.82) is 0 Å². The number of hydrogen-bond donors (Lipinski definition) is 5. The first kappa shape index (κ1) is 25.9. The number of anilines is 1. The number of carbonyl (C=O) groups excluding carboxylic acids is 1. The van der Waals surface area contributed by atoms with Crippen LogP contribution in [0.4, 0.5) is 15.0 Å². The molecule has 0 radical (unpaired) electrons. The average Bonchev–Trinajstić information content (AvgIpc) is 2.87. The first-order valence-corrected chi connectivity index (χ1v) is 10.2. The van der Waals surface area contributed by atoms with E-state index in [4.69, 9.17) is 27.0 Å². The third kappa shape index (κ3) is 8.29. The van der Waals surface area contributed by atoms with Crippen molar-refractivity contribution in [3.05, 3.63) is 22.5 Å². The first-order valence-electron chi connectivity index (χ1n) is 8.79. The van der Waals surface area contributed by atoms with Crippen molar-refractivity contribution in [2.24, 2.45) is 0 Å². The molecule has 2 heterocycles. The summed E-state index contributed by atoms with van der Waals surface area (Å²) in [6.45, 7) is 3.68. The molecule has 1 amide bonds. The summed E-state index contributed by atoms with van der Waals surface area (Å²) < 4.78 is 56.5. The van der Waals surface area contributed by atoms with Crippen LogP contribution >= 0.6 is 0 Å². The molecule has 0 bridgehead atoms. The molecule has 15 heteroatoms. The first-order chi connectivity index (χ1) is 13.8. The largest absolute Gasteiger partial charge is 0.449 e. The summed E-state index contributed by atoms with van der Waals surface area (Å²) >= 11 is 0. The Balaban J connectivity index is 0.000000804. The van der Waals surface area contributed by atoms with Crippen LogP contribution in [0.3, 0.4) is 0 Å². The fraction of sp³-hybridized carbons (Fsp3) is 0.667. The highest BCUT2D eigenvalue weighted by Gasteiger charge is 2.42. The molecule has 1 aliphatic rings. The van der Waals surface area contributed by atoms with Crippen molar-refractivity contribution in [1.82, 2.24) is 9.55 Å². The van der Waals surface area contributed by atoms with Crippen molar-refractivity contribution < 1.29 is 46.4 Å². The molecule has 0 aliphatic carbocycles. The molecule has 4 atom stereocenters. The predicted molar refractivity (Wildman–Crippen MR) is 98.7 cm³/mol. The van der Waals surface area contributed by atoms with E-state index in [-0.39, 0.29) is 6.61 Å². The van der Waals surface area contributed by atoms with Gasteiger partial charge < -0.3 is 19.7 Å². The van der Waals surface area contributed by atoms with Crippen molar-refractivity contribution >= 4 is 22.3 Å². The molecule has 1 saturated heterocycles. The van der Waals surface area contributed by atoms with Gasteiger partial charge in [-0.25, -0.2) is 14.0 Å². The Labute approximate surface area is 171 Å². The Bertz CT molecular complexity index is 870. The van der Waals surface area contributed by atoms with E-state index >= 15 is 0 Å². The lowest BCUT2D eigenvalue weighted by Gasteiger charge is -2.17. The number of carbonyl (C=O) groups is 1. The maximum Gasteiger partial charge on any atom is 0.412 e. The Morgan fingerprint density at radius 1 is 1.33 bits per heavy atom. The predicted octanol–water partition coefficient (Wildman–Crippen LogP) is 0.107. The fourth-order valence-corrected chi connectivity index (χ4v) is 2.42. The number of aliphatic hydroxyl groups excluding tert-OH is 2. The lowest BCUT2D eigenvalue weighted by molar-refractivity contribution is -0.0355. The number of nitrogens with one attached hydrogen (secondary N) is 1. The molecule has 0 spiro atoms. The van der Waals surface area contributed by atoms with Crippen LogP contribution < -0.4 is 11.0 Å². The molecule has 2 rings (SSSR count). The van der Waals surface area contributed by atoms with Crippen LogP contribution in [0.15, 0.2) is 11.0 Å². The average molecular weight is 457 g/mol. The van der Waals surface area contributed by atoms with Gasteiger partial charge in [0.1, 0.15) is 12.2 Å². The van der Waals surface area contributed by atoms with E-state index in [1.807, 2.05) is 6.92 Å². The number of hydrogen-bond acceptors (Lipinski definition) is 9. The van der Waals surface area contributed by atoms with E-state index in [1.165, 1.54) is 6.92 Å². The summed E-state index contributed by atoms with van der Waals surface area (Å²) in [6, 6.07) is 0. The maximum atomic E-state index is 14.1. The quantitative estimate of drug-likeness (QED) is 0.287. The van der Waals surface area contributed by atoms with Gasteiger partial charge in [0.25, 0.3) is 0 Å². The standard InChI is InChI=1S/C15H22FN3O6.H2O4S/c1-3-4-5-6-24-15(23)18-12-9(16)7-19(14(22)17-12)13-11(21)10(20)8(2)25-13;1-5(2,3)4/h7-8,10-11,13,20-21H,3-6H2,1-2H3,(H,17,18,22,23);(H2,1,2,3,4)/t8-,10-,11-,13-;/m1./s1. The lowest BCUT2D eigenvalue weighted by atomic mass is 10.1. The topological polar surface area (TPSA) is 198 Å². The molecular formula is C15H24FN3O10S. The van der Waals surface area contributed by atoms with Crippen LogP contribution in [0.2, 0.25) is 0 Å². The van der Waals surface area contributed by atoms with Gasteiger partial charge in [-0.15, -0.1) is 0 Å². The summed E-state index contributed by atoms with van der Waals surface area (Å²) in [5.41, 5.74) is -0.951. The smallest absolute Gasteiger partial charge is 0.412 e. The van der Waals surface area contributed by atoms with Crippen molar-refractivity contribution in [3.63, 3.8) is 0 Å². The molecule has 1 aliphatic heterocycles. The Morgan fingerprint density at radius 2 is 1.93 bits per heavy atom. The molecule has 13 nitrogen and oxygen atoms in total. The summed E-state index contributed by atoms with van der Waals surface area (Å²) in [5.74, 6) is -1.59. The van der Waals surface area contributed by atoms with E-state index in [0.717, 1.165) is 23.6 Å². The number of amides is 1. The lowest BCUT2D eigenvalue weighted by Crippen LogP contribution is -2.36. The van der Waals surface area contributed by atoms with Gasteiger partial charge >= 0.3 is 22.2 Å². The summed E-state index contributed by atoms with van der Waals surface area (Å²) in [5, 5.41) is 21.6. The zero-order valence-corrected chi connectivity index (χ0v) is 17.0. The number of aromatic nitrogens is 2. The molecule has 5 N–H and O–H groups in total. The maximum absolute atomic E-state index is 14.1. The second-order valence-electron chi connectivity index (χ2n) is 6.26. The van der Waals surface area contributed by atoms with Crippen LogP contribution in [0.1, 0.15) is 39.3 Å². The van der Waals surface area contributed by atoms with Crippen LogP contribution in [-0.4, -0.2) is 68.3 Å². The molecule has 30 heavy (non-hydrogen) atoms. The fourth-order valence-electron chi connectivity index (χ4n) is 2.42. The Morgan fingerprint density at radius 3 is 2.43 bits per heavy atom. The van der Waals surface area contributed by atoms with Crippen molar-refractivity contribution in [3.8, 4) is 0 Å². The Hall–Kier alpha value is -2.17. The van der Waals surface area contributed by atoms with E-state index in [0.29, 0.717) is 6.42 Å². The van der Waals surface area contributed by atoms with Gasteiger partial charge in [-0.2, -0.15) is 13.4 Å². The van der Waals surface area contributed by atoms with Crippen LogP contribution in [0.25, 0.3) is 0 Å². The highest BCUT2D eigenvalue weighted by atomic mass is 32.3. The molecule has 172 valence electrons. The van der Waals surface area contributed by atoms with Crippen LogP contribution in [-0.2, 0) is 19.9 Å². The number of ether oxygens (including phenoxy) is 2. The number of nitrogens with zero attached hydrogens (tertiary/aromatic N) is 2. The minimum absolute atomic E-state index is 0.177. The Kier molecular flexibility index (Phi) is 9.73. The van der Waals surface area contributed by atoms with Gasteiger partial charge in [-0.1, -0.05) is 19.8 Å². The van der Waals surface area contributed by atoms with Gasteiger partial charge in [0.2, 0.25) is 0 Å². The highest BCUT2D eigenvalue weighted by molar-refractivity contribution is 7.79. The summed E-state index contributed by atoms with van der Waals surface area (Å²) in [4.78, 5) is 27.0. The van der Waals surface area contributed by atoms with Gasteiger partial charge in [0, 0.05) is 0 Å². The summed E-state index contributed by atoms with van der Waals surface area (Å²) in [6.07, 6.45) is -2.25. The van der Waals surface area contributed by atoms with Crippen molar-refractivity contribution in [2.45, 2.75) is 57.6 Å². The van der Waals surface area contributed by atoms with E-state index < -0.39 is 58.4 Å². The second kappa shape index (κ2) is 11.3. The van der Waals surface area contributed by atoms with E-state index in [2.05, 4.69) is 10.3 Å². The van der Waals surface area contributed by atoms with E-state index in [9.17, 15) is 24.2 Å². The monoisotopic (exact) mass is 457 g/mol. The number of halogens is 1. The molecule has 1 aromatic rings. The minimum Gasteiger partial charge on any atom is -0.449 e. The summed E-state index contributed by atoms with van der Waals surface area (Å²) in [7, 11) is -4.67. The molecule has 1 fully saturated rings. The molecule has 1 aromatic heterocycles. The zero-order chi connectivity index (χ0) is 23.1. The molecule has 0 unspecified atom stereocenters. The normalized spacial score (nSPS) is 23.4. The minimum atomic E-state index is -4.67. The van der Waals surface area contributed by atoms with Gasteiger partial charge in [0.05, 0.1) is 18.9 Å². The van der Waals surface area contributed by atoms with Gasteiger partial charge in [0.15, 0.2) is 17.9 Å². The number of unbranched alkanes of at least 4 members (excludes halogenated alkanes) is 2. The van der Waals surface area contributed by atoms with E-state index in [1.54, 1.807) is 0 Å². The molecule has 0 aromatic carbocycles. The van der Waals surface area contributed by atoms with Crippen LogP contribution in [0.5, 0.6) is 0 Å². The third-order valence-corrected chi connectivity index (χ3v) is 3.86. The van der Waals surface area contributed by atoms with Crippen LogP contribution in [0, 0.1) is 5.82 Å². The SMILES string of the molecule is CCCCCOC(=O)Nc1nc(=O)n([C@@H]2O[C@H](C)[C@@H](O)[C@H]2O)cc1F.O=S(=O)(O)O.